The van der Waals surface area contributed by atoms with E-state index in [1.807, 2.05) is 6.92 Å². The molecule has 0 heterocycles. The van der Waals surface area contributed by atoms with Gasteiger partial charge >= 0.3 is 0 Å². The largest absolute Gasteiger partial charge is 0.353 e. The summed E-state index contributed by atoms with van der Waals surface area (Å²) in [7, 11) is 0. The fraction of sp³-hybridized carbons (Fsp3) is 0.900. The molecule has 0 amide bonds. The third-order valence-electron chi connectivity index (χ3n) is 2.29. The third-order valence-corrected chi connectivity index (χ3v) is 2.29. The molecule has 0 bridgehead atoms. The first-order valence-electron chi connectivity index (χ1n) is 5.41. The van der Waals surface area contributed by atoms with Crippen LogP contribution in [0.5, 0.6) is 0 Å². The third kappa shape index (κ3) is 5.80. The predicted molar refractivity (Wildman–Crippen MR) is 62.0 cm³/mol. The lowest BCUT2D eigenvalue weighted by molar-refractivity contribution is 0.445. The monoisotopic (exact) mass is 200 g/mol. The van der Waals surface area contributed by atoms with E-state index >= 15 is 0 Å². The van der Waals surface area contributed by atoms with Crippen LogP contribution in [0.15, 0.2) is 4.99 Å². The predicted octanol–water partition coefficient (Wildman–Crippen LogP) is 1.24. The number of aliphatic imine (C=N–C) groups is 1. The maximum absolute atomic E-state index is 5.33. The second-order valence-electron chi connectivity index (χ2n) is 3.76. The topological polar surface area (TPSA) is 62.4 Å². The minimum absolute atomic E-state index is 0.409. The van der Waals surface area contributed by atoms with Crippen LogP contribution >= 0.6 is 0 Å². The quantitative estimate of drug-likeness (QED) is 0.271. The normalized spacial score (nSPS) is 16.2. The zero-order chi connectivity index (χ0) is 11.0. The van der Waals surface area contributed by atoms with Gasteiger partial charge in [-0.3, -0.25) is 10.4 Å². The Kier molecular flexibility index (Phi) is 7.20. The summed E-state index contributed by atoms with van der Waals surface area (Å²) in [6.07, 6.45) is 2.35. The van der Waals surface area contributed by atoms with Gasteiger partial charge in [-0.05, 0) is 26.2 Å². The van der Waals surface area contributed by atoms with Crippen LogP contribution in [-0.2, 0) is 0 Å². The lowest BCUT2D eigenvalue weighted by atomic mass is 10.0. The minimum atomic E-state index is 0.409. The molecule has 14 heavy (non-hydrogen) atoms. The highest BCUT2D eigenvalue weighted by Gasteiger charge is 2.07. The van der Waals surface area contributed by atoms with Gasteiger partial charge in [-0.15, -0.1) is 0 Å². The van der Waals surface area contributed by atoms with Crippen molar-refractivity contribution in [3.05, 3.63) is 0 Å². The van der Waals surface area contributed by atoms with Crippen molar-refractivity contribution in [3.8, 4) is 0 Å². The van der Waals surface area contributed by atoms with Crippen LogP contribution < -0.4 is 16.6 Å². The fourth-order valence-electron chi connectivity index (χ4n) is 1.35. The Labute approximate surface area is 87.3 Å². The number of rotatable bonds is 5. The Hall–Kier alpha value is -0.770. The van der Waals surface area contributed by atoms with Crippen LogP contribution in [-0.4, -0.2) is 18.5 Å². The van der Waals surface area contributed by atoms with Crippen LogP contribution in [0.3, 0.4) is 0 Å². The molecule has 84 valence electrons. The second-order valence-corrected chi connectivity index (χ2v) is 3.76. The average Bonchev–Trinajstić information content (AvgIpc) is 2.16. The smallest absolute Gasteiger partial charge is 0.205 e. The molecule has 0 spiro atoms. The summed E-state index contributed by atoms with van der Waals surface area (Å²) in [5.74, 6) is 6.75. The highest BCUT2D eigenvalue weighted by atomic mass is 15.3. The molecule has 0 radical (unpaired) electrons. The summed E-state index contributed by atoms with van der Waals surface area (Å²) in [6, 6.07) is 0.409. The van der Waals surface area contributed by atoms with Crippen molar-refractivity contribution >= 4 is 5.96 Å². The molecular formula is C10H24N4. The van der Waals surface area contributed by atoms with Gasteiger partial charge in [0.1, 0.15) is 0 Å². The highest BCUT2D eigenvalue weighted by molar-refractivity contribution is 5.79. The molecule has 4 N–H and O–H groups in total. The van der Waals surface area contributed by atoms with Gasteiger partial charge in [0, 0.05) is 12.6 Å². The first-order chi connectivity index (χ1) is 6.63. The Bertz CT molecular complexity index is 168. The molecular weight excluding hydrogens is 176 g/mol. The molecule has 0 fully saturated rings. The van der Waals surface area contributed by atoms with Gasteiger partial charge in [0.2, 0.25) is 5.96 Å². The van der Waals surface area contributed by atoms with Crippen molar-refractivity contribution in [3.63, 3.8) is 0 Å². The lowest BCUT2D eigenvalue weighted by Crippen LogP contribution is -2.45. The van der Waals surface area contributed by atoms with Crippen LogP contribution in [0.1, 0.15) is 40.5 Å². The summed E-state index contributed by atoms with van der Waals surface area (Å²) in [6.45, 7) is 9.33. The minimum Gasteiger partial charge on any atom is -0.353 e. The summed E-state index contributed by atoms with van der Waals surface area (Å²) < 4.78 is 0. The van der Waals surface area contributed by atoms with Crippen LogP contribution in [0.4, 0.5) is 0 Å². The molecule has 0 aromatic carbocycles. The van der Waals surface area contributed by atoms with Gasteiger partial charge < -0.3 is 5.32 Å². The maximum atomic E-state index is 5.33. The van der Waals surface area contributed by atoms with Gasteiger partial charge in [0.15, 0.2) is 0 Å². The van der Waals surface area contributed by atoms with Crippen molar-refractivity contribution in [2.75, 3.05) is 6.54 Å². The Balaban J connectivity index is 3.90. The summed E-state index contributed by atoms with van der Waals surface area (Å²) in [4.78, 5) is 4.19. The van der Waals surface area contributed by atoms with Gasteiger partial charge in [-0.1, -0.05) is 20.3 Å². The number of nitrogens with one attached hydrogen (secondary N) is 2. The van der Waals surface area contributed by atoms with Crippen LogP contribution in [0, 0.1) is 5.92 Å². The van der Waals surface area contributed by atoms with Crippen LogP contribution in [0.2, 0.25) is 0 Å². The molecule has 0 rings (SSSR count). The Morgan fingerprint density at radius 2 is 2.00 bits per heavy atom. The maximum Gasteiger partial charge on any atom is 0.205 e. The van der Waals surface area contributed by atoms with E-state index < -0.39 is 0 Å². The van der Waals surface area contributed by atoms with E-state index in [1.165, 1.54) is 6.42 Å². The Morgan fingerprint density at radius 3 is 2.43 bits per heavy atom. The van der Waals surface area contributed by atoms with Gasteiger partial charge in [0.25, 0.3) is 0 Å². The summed E-state index contributed by atoms with van der Waals surface area (Å²) >= 11 is 0. The number of hydrazine groups is 1. The standard InChI is InChI=1S/C10H24N4/c1-5-8(3)7-9(4)13-10(14-11)12-6-2/h8-9H,5-7,11H2,1-4H3,(H2,12,13,14). The second kappa shape index (κ2) is 7.62. The molecule has 0 aliphatic heterocycles. The number of nitrogens with zero attached hydrogens (tertiary/aromatic N) is 1. The Morgan fingerprint density at radius 1 is 1.36 bits per heavy atom. The van der Waals surface area contributed by atoms with Gasteiger partial charge in [0.05, 0.1) is 0 Å². The molecule has 4 heteroatoms. The van der Waals surface area contributed by atoms with Crippen molar-refractivity contribution in [2.45, 2.75) is 46.6 Å². The molecule has 4 nitrogen and oxygen atoms in total. The molecule has 2 unspecified atom stereocenters. The van der Waals surface area contributed by atoms with E-state index in [-0.39, 0.29) is 0 Å². The van der Waals surface area contributed by atoms with Crippen molar-refractivity contribution in [2.24, 2.45) is 16.8 Å². The number of hydrogen-bond donors (Lipinski definition) is 3. The van der Waals surface area contributed by atoms with Crippen molar-refractivity contribution < 1.29 is 0 Å². The van der Waals surface area contributed by atoms with E-state index in [9.17, 15) is 0 Å². The SMILES string of the molecule is CCN=C(NN)NC(C)CC(C)CC. The average molecular weight is 200 g/mol. The molecule has 0 aromatic rings. The van der Waals surface area contributed by atoms with Crippen molar-refractivity contribution in [1.82, 2.24) is 10.7 Å². The summed E-state index contributed by atoms with van der Waals surface area (Å²) in [5, 5.41) is 3.25. The number of guanidine groups is 1. The van der Waals surface area contributed by atoms with Gasteiger partial charge in [-0.2, -0.15) is 0 Å². The molecule has 0 aliphatic rings. The zero-order valence-electron chi connectivity index (χ0n) is 9.80. The first-order valence-corrected chi connectivity index (χ1v) is 5.41. The summed E-state index contributed by atoms with van der Waals surface area (Å²) in [5.41, 5.74) is 2.56. The highest BCUT2D eigenvalue weighted by Crippen LogP contribution is 2.08. The van der Waals surface area contributed by atoms with E-state index in [0.29, 0.717) is 12.0 Å². The zero-order valence-corrected chi connectivity index (χ0v) is 9.80. The van der Waals surface area contributed by atoms with Crippen LogP contribution in [0.25, 0.3) is 0 Å². The molecule has 0 aromatic heterocycles. The fourth-order valence-corrected chi connectivity index (χ4v) is 1.35. The number of hydrogen-bond acceptors (Lipinski definition) is 2. The number of nitrogens with two attached hydrogens (primary N) is 1. The molecule has 0 saturated heterocycles. The van der Waals surface area contributed by atoms with E-state index in [0.717, 1.165) is 18.9 Å². The molecule has 0 saturated carbocycles. The van der Waals surface area contributed by atoms with E-state index in [2.05, 4.69) is 36.5 Å². The van der Waals surface area contributed by atoms with Gasteiger partial charge in [-0.25, -0.2) is 5.84 Å². The van der Waals surface area contributed by atoms with Crippen molar-refractivity contribution in [1.29, 1.82) is 0 Å². The molecule has 2 atom stereocenters. The molecule has 0 aliphatic carbocycles. The lowest BCUT2D eigenvalue weighted by Gasteiger charge is -2.19. The van der Waals surface area contributed by atoms with E-state index in [4.69, 9.17) is 5.84 Å². The van der Waals surface area contributed by atoms with E-state index in [1.54, 1.807) is 0 Å². The first kappa shape index (κ1) is 13.2.